The number of ether oxygens (including phenoxy) is 3. The number of benzene rings is 2. The molecule has 122 valence electrons. The van der Waals surface area contributed by atoms with Gasteiger partial charge in [-0.05, 0) is 18.6 Å². The van der Waals surface area contributed by atoms with Crippen molar-refractivity contribution in [1.82, 2.24) is 0 Å². The summed E-state index contributed by atoms with van der Waals surface area (Å²) in [7, 11) is 1.50. The summed E-state index contributed by atoms with van der Waals surface area (Å²) in [6.45, 7) is 0.600. The molecule has 3 heterocycles. The maximum atomic E-state index is 13.0. The number of hydrogen-bond donors (Lipinski definition) is 1. The highest BCUT2D eigenvalue weighted by Crippen LogP contribution is 2.49. The zero-order chi connectivity index (χ0) is 16.4. The van der Waals surface area contributed by atoms with Crippen molar-refractivity contribution in [2.24, 2.45) is 0 Å². The van der Waals surface area contributed by atoms with Crippen LogP contribution in [0.15, 0.2) is 33.5 Å². The van der Waals surface area contributed by atoms with E-state index < -0.39 is 0 Å². The second-order valence-electron chi connectivity index (χ2n) is 6.03. The van der Waals surface area contributed by atoms with Crippen LogP contribution in [0, 0.1) is 0 Å². The fraction of sp³-hybridized carbons (Fsp3) is 0.278. The lowest BCUT2D eigenvalue weighted by atomic mass is 9.95. The smallest absolute Gasteiger partial charge is 0.208 e. The van der Waals surface area contributed by atoms with E-state index in [-0.39, 0.29) is 28.8 Å². The van der Waals surface area contributed by atoms with Crippen LogP contribution < -0.4 is 14.9 Å². The lowest BCUT2D eigenvalue weighted by Crippen LogP contribution is -2.13. The molecule has 24 heavy (non-hydrogen) atoms. The van der Waals surface area contributed by atoms with Gasteiger partial charge in [-0.25, -0.2) is 0 Å². The molecule has 0 spiro atoms. The number of phenols is 1. The molecule has 0 aliphatic carbocycles. The number of rotatable bonds is 1. The van der Waals surface area contributed by atoms with Gasteiger partial charge in [0.05, 0.1) is 19.6 Å². The van der Waals surface area contributed by atoms with Crippen LogP contribution in [-0.2, 0) is 4.74 Å². The van der Waals surface area contributed by atoms with Crippen LogP contribution in [0.2, 0.25) is 0 Å². The van der Waals surface area contributed by atoms with Gasteiger partial charge in [0.2, 0.25) is 11.7 Å². The molecule has 2 aromatic carbocycles. The normalized spacial score (nSPS) is 21.7. The molecule has 0 amide bonds. The summed E-state index contributed by atoms with van der Waals surface area (Å²) in [5.74, 6) is 0.779. The molecule has 2 atom stereocenters. The molecule has 0 saturated carbocycles. The van der Waals surface area contributed by atoms with Crippen LogP contribution in [0.1, 0.15) is 17.9 Å². The molecule has 3 aromatic rings. The predicted octanol–water partition coefficient (Wildman–Crippen LogP) is 2.88. The topological polar surface area (TPSA) is 78.1 Å². The lowest BCUT2D eigenvalue weighted by Gasteiger charge is -2.10. The first-order valence-electron chi connectivity index (χ1n) is 7.76. The standard InChI is InChI=1S/C18H14O6/c1-21-10-3-2-4-11-15(10)16(20)14-9(19)7-12-13(17(14)23-11)8-5-6-22-18(8)24-12/h2-4,7-8,18-19H,5-6H2,1H3/t8-,18+/m0/s1. The number of aromatic hydroxyl groups is 1. The van der Waals surface area contributed by atoms with Crippen molar-refractivity contribution in [3.05, 3.63) is 40.1 Å². The van der Waals surface area contributed by atoms with Crippen LogP contribution in [0.5, 0.6) is 17.2 Å². The van der Waals surface area contributed by atoms with Gasteiger partial charge in [0, 0.05) is 11.6 Å². The number of hydrogen-bond acceptors (Lipinski definition) is 6. The Morgan fingerprint density at radius 1 is 1.29 bits per heavy atom. The molecule has 6 nitrogen and oxygen atoms in total. The van der Waals surface area contributed by atoms with Crippen LogP contribution in [0.4, 0.5) is 0 Å². The van der Waals surface area contributed by atoms with Crippen molar-refractivity contribution < 1.29 is 23.7 Å². The molecule has 0 radical (unpaired) electrons. The molecule has 1 N–H and O–H groups in total. The van der Waals surface area contributed by atoms with E-state index in [1.54, 1.807) is 18.2 Å². The Morgan fingerprint density at radius 2 is 2.17 bits per heavy atom. The van der Waals surface area contributed by atoms with E-state index >= 15 is 0 Å². The Balaban J connectivity index is 1.95. The predicted molar refractivity (Wildman–Crippen MR) is 85.9 cm³/mol. The molecule has 1 fully saturated rings. The van der Waals surface area contributed by atoms with Crippen molar-refractivity contribution >= 4 is 21.9 Å². The van der Waals surface area contributed by atoms with E-state index in [0.717, 1.165) is 12.0 Å². The summed E-state index contributed by atoms with van der Waals surface area (Å²) in [4.78, 5) is 13.0. The minimum Gasteiger partial charge on any atom is -0.507 e. The van der Waals surface area contributed by atoms with Gasteiger partial charge in [-0.2, -0.15) is 0 Å². The summed E-state index contributed by atoms with van der Waals surface area (Å²) in [5.41, 5.74) is 1.27. The van der Waals surface area contributed by atoms with E-state index in [0.29, 0.717) is 34.7 Å². The summed E-state index contributed by atoms with van der Waals surface area (Å²) in [5, 5.41) is 10.9. The second kappa shape index (κ2) is 4.64. The number of methoxy groups -OCH3 is 1. The van der Waals surface area contributed by atoms with Gasteiger partial charge in [-0.15, -0.1) is 0 Å². The largest absolute Gasteiger partial charge is 0.507 e. The Morgan fingerprint density at radius 3 is 3.00 bits per heavy atom. The summed E-state index contributed by atoms with van der Waals surface area (Å²) >= 11 is 0. The Hall–Kier alpha value is -2.73. The van der Waals surface area contributed by atoms with Gasteiger partial charge in [0.1, 0.15) is 39.2 Å². The molecular weight excluding hydrogens is 312 g/mol. The third-order valence-electron chi connectivity index (χ3n) is 4.79. The fourth-order valence-corrected chi connectivity index (χ4v) is 3.72. The third kappa shape index (κ3) is 1.61. The SMILES string of the molecule is COc1cccc2oc3c4c(cc(O)c3c(=O)c12)O[C@H]1OCC[C@@H]41. The van der Waals surface area contributed by atoms with Gasteiger partial charge in [0.15, 0.2) is 0 Å². The monoisotopic (exact) mass is 326 g/mol. The maximum absolute atomic E-state index is 13.0. The first-order valence-corrected chi connectivity index (χ1v) is 7.76. The molecule has 5 rings (SSSR count). The van der Waals surface area contributed by atoms with Gasteiger partial charge < -0.3 is 23.7 Å². The van der Waals surface area contributed by atoms with Crippen molar-refractivity contribution in [1.29, 1.82) is 0 Å². The Kier molecular flexibility index (Phi) is 2.65. The van der Waals surface area contributed by atoms with Crippen LogP contribution >= 0.6 is 0 Å². The van der Waals surface area contributed by atoms with Crippen molar-refractivity contribution in [2.75, 3.05) is 13.7 Å². The first-order chi connectivity index (χ1) is 11.7. The highest BCUT2D eigenvalue weighted by molar-refractivity contribution is 5.98. The average Bonchev–Trinajstić information content (AvgIpc) is 3.14. The molecule has 0 bridgehead atoms. The van der Waals surface area contributed by atoms with Gasteiger partial charge >= 0.3 is 0 Å². The van der Waals surface area contributed by atoms with Gasteiger partial charge in [-0.1, -0.05) is 6.07 Å². The van der Waals surface area contributed by atoms with Crippen LogP contribution in [0.25, 0.3) is 21.9 Å². The van der Waals surface area contributed by atoms with Crippen LogP contribution in [0.3, 0.4) is 0 Å². The molecule has 0 unspecified atom stereocenters. The highest BCUT2D eigenvalue weighted by Gasteiger charge is 2.42. The lowest BCUT2D eigenvalue weighted by molar-refractivity contribution is -0.0337. The zero-order valence-corrected chi connectivity index (χ0v) is 12.9. The zero-order valence-electron chi connectivity index (χ0n) is 12.9. The van der Waals surface area contributed by atoms with Gasteiger partial charge in [0.25, 0.3) is 0 Å². The molecular formula is C18H14O6. The minimum atomic E-state index is -0.378. The summed E-state index contributed by atoms with van der Waals surface area (Å²) in [6.07, 6.45) is 0.411. The van der Waals surface area contributed by atoms with Crippen molar-refractivity contribution in [3.8, 4) is 17.2 Å². The Labute approximate surface area is 136 Å². The average molecular weight is 326 g/mol. The molecule has 1 aromatic heterocycles. The molecule has 6 heteroatoms. The van der Waals surface area contributed by atoms with Crippen molar-refractivity contribution in [2.45, 2.75) is 18.6 Å². The number of phenolic OH excluding ortho intramolecular Hbond substituents is 1. The maximum Gasteiger partial charge on any atom is 0.208 e. The second-order valence-corrected chi connectivity index (χ2v) is 6.03. The van der Waals surface area contributed by atoms with Gasteiger partial charge in [-0.3, -0.25) is 4.79 Å². The molecule has 2 aliphatic rings. The molecule has 1 saturated heterocycles. The quantitative estimate of drug-likeness (QED) is 0.693. The highest BCUT2D eigenvalue weighted by atomic mass is 16.7. The van der Waals surface area contributed by atoms with E-state index in [1.165, 1.54) is 13.2 Å². The summed E-state index contributed by atoms with van der Waals surface area (Å²) in [6, 6.07) is 6.64. The summed E-state index contributed by atoms with van der Waals surface area (Å²) < 4.78 is 22.6. The number of fused-ring (bicyclic) bond motifs is 6. The molecule has 2 aliphatic heterocycles. The van der Waals surface area contributed by atoms with E-state index in [1.807, 2.05) is 0 Å². The van der Waals surface area contributed by atoms with E-state index in [9.17, 15) is 9.90 Å². The fourth-order valence-electron chi connectivity index (χ4n) is 3.72. The van der Waals surface area contributed by atoms with E-state index in [4.69, 9.17) is 18.6 Å². The van der Waals surface area contributed by atoms with E-state index in [2.05, 4.69) is 0 Å². The van der Waals surface area contributed by atoms with Crippen LogP contribution in [-0.4, -0.2) is 25.1 Å². The van der Waals surface area contributed by atoms with Crippen molar-refractivity contribution in [3.63, 3.8) is 0 Å². The third-order valence-corrected chi connectivity index (χ3v) is 4.79. The Bertz CT molecular complexity index is 1050. The minimum absolute atomic E-state index is 0.00862. The first kappa shape index (κ1) is 13.7.